The molecule has 1 aromatic rings. The quantitative estimate of drug-likeness (QED) is 0.541. The average Bonchev–Trinajstić information content (AvgIpc) is 2.51. The summed E-state index contributed by atoms with van der Waals surface area (Å²) < 4.78 is 115. The van der Waals surface area contributed by atoms with Crippen molar-refractivity contribution in [2.45, 2.75) is 62.7 Å². The van der Waals surface area contributed by atoms with Crippen LogP contribution in [0.25, 0.3) is 0 Å². The molecule has 0 fully saturated rings. The lowest BCUT2D eigenvalue weighted by atomic mass is 9.94. The van der Waals surface area contributed by atoms with E-state index < -0.39 is 36.5 Å². The first-order valence-electron chi connectivity index (χ1n) is 7.64. The van der Waals surface area contributed by atoms with Gasteiger partial charge in [0.1, 0.15) is 0 Å². The van der Waals surface area contributed by atoms with Crippen LogP contribution in [-0.4, -0.2) is 29.1 Å². The Labute approximate surface area is 143 Å². The molecule has 0 spiro atoms. The van der Waals surface area contributed by atoms with E-state index in [1.165, 1.54) is 12.1 Å². The summed E-state index contributed by atoms with van der Waals surface area (Å²) in [6, 6.07) is 5.11. The molecule has 26 heavy (non-hydrogen) atoms. The number of rotatable bonds is 8. The molecule has 0 bridgehead atoms. The molecule has 0 heterocycles. The van der Waals surface area contributed by atoms with E-state index in [0.717, 1.165) is 30.5 Å². The predicted octanol–water partition coefficient (Wildman–Crippen LogP) is 5.92. The summed E-state index contributed by atoms with van der Waals surface area (Å²) in [6.07, 6.45) is -9.18. The molecule has 1 aromatic carbocycles. The maximum atomic E-state index is 13.5. The number of hydrogen-bond donors (Lipinski definition) is 1. The van der Waals surface area contributed by atoms with E-state index in [0.29, 0.717) is 6.42 Å². The van der Waals surface area contributed by atoms with Crippen LogP contribution in [0.4, 0.5) is 39.5 Å². The Morgan fingerprint density at radius 3 is 1.77 bits per heavy atom. The van der Waals surface area contributed by atoms with Crippen molar-refractivity contribution in [1.82, 2.24) is 0 Å². The lowest BCUT2D eigenvalue weighted by Crippen LogP contribution is -2.61. The van der Waals surface area contributed by atoms with Crippen LogP contribution in [0, 0.1) is 0 Å². The van der Waals surface area contributed by atoms with Crippen molar-refractivity contribution in [3.63, 3.8) is 0 Å². The van der Waals surface area contributed by atoms with Crippen molar-refractivity contribution < 1.29 is 44.6 Å². The van der Waals surface area contributed by atoms with Gasteiger partial charge in [-0.05, 0) is 24.0 Å². The Hall–Kier alpha value is -1.45. The number of aryl methyl sites for hydroxylation is 1. The highest BCUT2D eigenvalue weighted by Crippen LogP contribution is 2.55. The molecule has 0 aromatic heterocycles. The highest BCUT2D eigenvalue weighted by Gasteiger charge is 2.81. The third-order valence-corrected chi connectivity index (χ3v) is 3.84. The standard InChI is InChI=1S/C16H17F9O/c1-2-3-4-10-5-7-11(8-6-10)12(26)9-13(17,18)14(19,20)15(21,22)16(23,24)25/h5-8,12,26H,2-4,9H2,1H3. The molecule has 1 atom stereocenters. The van der Waals surface area contributed by atoms with E-state index in [2.05, 4.69) is 0 Å². The molecule has 0 aliphatic heterocycles. The molecule has 150 valence electrons. The Kier molecular flexibility index (Phi) is 6.65. The number of alkyl halides is 9. The topological polar surface area (TPSA) is 20.2 Å². The van der Waals surface area contributed by atoms with Crippen LogP contribution in [0.3, 0.4) is 0 Å². The van der Waals surface area contributed by atoms with Gasteiger partial charge in [-0.2, -0.15) is 39.5 Å². The maximum absolute atomic E-state index is 13.5. The molecule has 1 N–H and O–H groups in total. The van der Waals surface area contributed by atoms with Crippen molar-refractivity contribution in [2.75, 3.05) is 0 Å². The SMILES string of the molecule is CCCCc1ccc(C(O)CC(F)(F)C(F)(F)C(F)(F)C(F)(F)F)cc1. The third-order valence-electron chi connectivity index (χ3n) is 3.84. The van der Waals surface area contributed by atoms with E-state index >= 15 is 0 Å². The number of aliphatic hydroxyl groups excluding tert-OH is 1. The molecule has 1 rings (SSSR count). The summed E-state index contributed by atoms with van der Waals surface area (Å²) in [6.45, 7) is 1.93. The Morgan fingerprint density at radius 2 is 1.35 bits per heavy atom. The smallest absolute Gasteiger partial charge is 0.388 e. The molecule has 0 radical (unpaired) electrons. The monoisotopic (exact) mass is 396 g/mol. The molecular weight excluding hydrogens is 379 g/mol. The van der Waals surface area contributed by atoms with Crippen molar-refractivity contribution in [3.8, 4) is 0 Å². The third kappa shape index (κ3) is 4.44. The fourth-order valence-corrected chi connectivity index (χ4v) is 2.18. The summed E-state index contributed by atoms with van der Waals surface area (Å²) in [5, 5.41) is 9.62. The number of hydrogen-bond acceptors (Lipinski definition) is 1. The minimum Gasteiger partial charge on any atom is -0.388 e. The highest BCUT2D eigenvalue weighted by molar-refractivity contribution is 5.24. The van der Waals surface area contributed by atoms with Crippen LogP contribution in [0.2, 0.25) is 0 Å². The summed E-state index contributed by atoms with van der Waals surface area (Å²) in [5.41, 5.74) is 0.472. The van der Waals surface area contributed by atoms with E-state index in [9.17, 15) is 44.6 Å². The Bertz CT molecular complexity index is 578. The van der Waals surface area contributed by atoms with Gasteiger partial charge in [0.05, 0.1) is 6.10 Å². The molecule has 0 saturated heterocycles. The molecule has 1 unspecified atom stereocenters. The zero-order valence-electron chi connectivity index (χ0n) is 13.6. The number of benzene rings is 1. The van der Waals surface area contributed by atoms with Gasteiger partial charge in [-0.15, -0.1) is 0 Å². The van der Waals surface area contributed by atoms with Crippen LogP contribution in [0.1, 0.15) is 43.4 Å². The van der Waals surface area contributed by atoms with Crippen LogP contribution >= 0.6 is 0 Å². The van der Waals surface area contributed by atoms with Gasteiger partial charge >= 0.3 is 23.9 Å². The van der Waals surface area contributed by atoms with E-state index in [-0.39, 0.29) is 5.56 Å². The van der Waals surface area contributed by atoms with Gasteiger partial charge in [-0.25, -0.2) is 0 Å². The second-order valence-corrected chi connectivity index (χ2v) is 5.92. The van der Waals surface area contributed by atoms with Gasteiger partial charge in [-0.3, -0.25) is 0 Å². The summed E-state index contributed by atoms with van der Waals surface area (Å²) in [4.78, 5) is 0. The van der Waals surface area contributed by atoms with E-state index in [4.69, 9.17) is 0 Å². The van der Waals surface area contributed by atoms with Gasteiger partial charge in [-0.1, -0.05) is 37.6 Å². The molecule has 0 amide bonds. The van der Waals surface area contributed by atoms with E-state index in [1.807, 2.05) is 6.92 Å². The van der Waals surface area contributed by atoms with Crippen molar-refractivity contribution in [1.29, 1.82) is 0 Å². The van der Waals surface area contributed by atoms with Gasteiger partial charge in [0.2, 0.25) is 0 Å². The molecular formula is C16H17F9O. The van der Waals surface area contributed by atoms with Crippen LogP contribution < -0.4 is 0 Å². The fraction of sp³-hybridized carbons (Fsp3) is 0.625. The average molecular weight is 396 g/mol. The zero-order chi connectivity index (χ0) is 20.4. The largest absolute Gasteiger partial charge is 0.460 e. The molecule has 0 saturated carbocycles. The molecule has 10 heteroatoms. The highest BCUT2D eigenvalue weighted by atomic mass is 19.4. The molecule has 0 aliphatic rings. The second-order valence-electron chi connectivity index (χ2n) is 5.92. The summed E-state index contributed by atoms with van der Waals surface area (Å²) >= 11 is 0. The lowest BCUT2D eigenvalue weighted by Gasteiger charge is -2.34. The first-order chi connectivity index (χ1) is 11.7. The number of halogens is 9. The van der Waals surface area contributed by atoms with Crippen LogP contribution in [0.5, 0.6) is 0 Å². The number of unbranched alkanes of at least 4 members (excludes halogenated alkanes) is 1. The summed E-state index contributed by atoms with van der Waals surface area (Å²) in [5.74, 6) is -19.5. The van der Waals surface area contributed by atoms with Crippen molar-refractivity contribution >= 4 is 0 Å². The maximum Gasteiger partial charge on any atom is 0.460 e. The van der Waals surface area contributed by atoms with Gasteiger partial charge < -0.3 is 5.11 Å². The summed E-state index contributed by atoms with van der Waals surface area (Å²) in [7, 11) is 0. The first kappa shape index (κ1) is 22.6. The van der Waals surface area contributed by atoms with Crippen LogP contribution in [0.15, 0.2) is 24.3 Å². The van der Waals surface area contributed by atoms with Gasteiger partial charge in [0.25, 0.3) is 0 Å². The zero-order valence-corrected chi connectivity index (χ0v) is 13.6. The fourth-order valence-electron chi connectivity index (χ4n) is 2.18. The van der Waals surface area contributed by atoms with Gasteiger partial charge in [0, 0.05) is 6.42 Å². The van der Waals surface area contributed by atoms with E-state index in [1.54, 1.807) is 0 Å². The predicted molar refractivity (Wildman–Crippen MR) is 75.5 cm³/mol. The minimum absolute atomic E-state index is 0.295. The van der Waals surface area contributed by atoms with Crippen molar-refractivity contribution in [3.05, 3.63) is 35.4 Å². The van der Waals surface area contributed by atoms with Gasteiger partial charge in [0.15, 0.2) is 0 Å². The minimum atomic E-state index is -6.95. The molecule has 1 nitrogen and oxygen atoms in total. The normalized spacial score (nSPS) is 15.2. The lowest BCUT2D eigenvalue weighted by molar-refractivity contribution is -0.398. The molecule has 0 aliphatic carbocycles. The second kappa shape index (κ2) is 7.66. The Morgan fingerprint density at radius 1 is 0.846 bits per heavy atom. The first-order valence-corrected chi connectivity index (χ1v) is 7.64. The Balaban J connectivity index is 2.97. The van der Waals surface area contributed by atoms with Crippen molar-refractivity contribution in [2.24, 2.45) is 0 Å². The van der Waals surface area contributed by atoms with Crippen LogP contribution in [-0.2, 0) is 6.42 Å². The number of aliphatic hydroxyl groups is 1.